The number of ether oxygens (including phenoxy) is 4. The van der Waals surface area contributed by atoms with Gasteiger partial charge in [0, 0.05) is 35.5 Å². The summed E-state index contributed by atoms with van der Waals surface area (Å²) >= 11 is 0. The molecule has 0 amide bonds. The summed E-state index contributed by atoms with van der Waals surface area (Å²) in [5.74, 6) is 1.49. The Bertz CT molecular complexity index is 1090. The molecule has 1 aliphatic heterocycles. The third kappa shape index (κ3) is 4.81. The third-order valence-corrected chi connectivity index (χ3v) is 5.69. The minimum atomic E-state index is -0.938. The van der Waals surface area contributed by atoms with E-state index in [4.69, 9.17) is 18.9 Å². The topological polar surface area (TPSA) is 57.2 Å². The van der Waals surface area contributed by atoms with Gasteiger partial charge in [-0.15, -0.1) is 0 Å². The molecule has 0 spiro atoms. The number of methoxy groups -OCH3 is 1. The van der Waals surface area contributed by atoms with Crippen molar-refractivity contribution in [2.45, 2.75) is 32.3 Å². The van der Waals surface area contributed by atoms with E-state index in [1.807, 2.05) is 92.7 Å². The standard InChI is InChI=1S/C28H30O5/c1-4-31-28(32-5-2)25(26(29)19-12-7-6-8-13-19)24-22-16-9-10-17-23(22)33-27(24)20-14-11-15-21(18-20)30-3/h6-18,26-29H,4-5H2,1-3H3/b25-24-. The molecule has 2 atom stereocenters. The molecular formula is C28H30O5. The van der Waals surface area contributed by atoms with Crippen LogP contribution >= 0.6 is 0 Å². The van der Waals surface area contributed by atoms with Gasteiger partial charge in [-0.3, -0.25) is 0 Å². The molecule has 0 aliphatic carbocycles. The van der Waals surface area contributed by atoms with E-state index in [0.29, 0.717) is 18.8 Å². The van der Waals surface area contributed by atoms with Gasteiger partial charge in [0.05, 0.1) is 7.11 Å². The van der Waals surface area contributed by atoms with Crippen LogP contribution in [0.1, 0.15) is 42.7 Å². The molecule has 0 bridgehead atoms. The van der Waals surface area contributed by atoms with Crippen molar-refractivity contribution in [3.8, 4) is 11.5 Å². The second-order valence-corrected chi connectivity index (χ2v) is 7.70. The molecule has 4 rings (SSSR count). The van der Waals surface area contributed by atoms with Gasteiger partial charge in [-0.05, 0) is 37.6 Å². The van der Waals surface area contributed by atoms with E-state index >= 15 is 0 Å². The van der Waals surface area contributed by atoms with E-state index in [0.717, 1.165) is 33.8 Å². The molecule has 172 valence electrons. The van der Waals surface area contributed by atoms with E-state index in [-0.39, 0.29) is 0 Å². The van der Waals surface area contributed by atoms with Gasteiger partial charge in [-0.2, -0.15) is 0 Å². The summed E-state index contributed by atoms with van der Waals surface area (Å²) in [5, 5.41) is 11.7. The summed E-state index contributed by atoms with van der Waals surface area (Å²) in [7, 11) is 1.64. The predicted molar refractivity (Wildman–Crippen MR) is 128 cm³/mol. The van der Waals surface area contributed by atoms with Crippen LogP contribution in [-0.2, 0) is 9.47 Å². The minimum absolute atomic E-state index is 0.440. The Balaban J connectivity index is 1.96. The lowest BCUT2D eigenvalue weighted by Gasteiger charge is -2.28. The molecule has 3 aromatic carbocycles. The summed E-state index contributed by atoms with van der Waals surface area (Å²) in [6.45, 7) is 4.72. The Morgan fingerprint density at radius 2 is 1.61 bits per heavy atom. The van der Waals surface area contributed by atoms with Crippen LogP contribution < -0.4 is 9.47 Å². The lowest BCUT2D eigenvalue weighted by molar-refractivity contribution is -0.119. The molecule has 33 heavy (non-hydrogen) atoms. The van der Waals surface area contributed by atoms with E-state index in [1.54, 1.807) is 7.11 Å². The van der Waals surface area contributed by atoms with Crippen LogP contribution in [0.25, 0.3) is 5.57 Å². The van der Waals surface area contributed by atoms with Gasteiger partial charge in [0.2, 0.25) is 0 Å². The second-order valence-electron chi connectivity index (χ2n) is 7.70. The van der Waals surface area contributed by atoms with Crippen LogP contribution in [0.3, 0.4) is 0 Å². The van der Waals surface area contributed by atoms with Gasteiger partial charge in [0.15, 0.2) is 6.29 Å². The van der Waals surface area contributed by atoms with Gasteiger partial charge in [0.25, 0.3) is 0 Å². The van der Waals surface area contributed by atoms with E-state index < -0.39 is 18.5 Å². The van der Waals surface area contributed by atoms with Crippen LogP contribution in [0.5, 0.6) is 11.5 Å². The number of aliphatic hydroxyl groups is 1. The fraction of sp³-hybridized carbons (Fsp3) is 0.286. The molecule has 0 fully saturated rings. The molecule has 1 aliphatic rings. The Labute approximate surface area is 195 Å². The van der Waals surface area contributed by atoms with Crippen LogP contribution in [0.2, 0.25) is 0 Å². The monoisotopic (exact) mass is 446 g/mol. The molecule has 5 heteroatoms. The zero-order valence-corrected chi connectivity index (χ0v) is 19.2. The second kappa shape index (κ2) is 10.7. The first-order valence-electron chi connectivity index (χ1n) is 11.3. The quantitative estimate of drug-likeness (QED) is 0.426. The minimum Gasteiger partial charge on any atom is -0.497 e. The summed E-state index contributed by atoms with van der Waals surface area (Å²) in [6.07, 6.45) is -2.12. The lowest BCUT2D eigenvalue weighted by Crippen LogP contribution is -2.26. The zero-order valence-electron chi connectivity index (χ0n) is 19.2. The van der Waals surface area contributed by atoms with Crippen molar-refractivity contribution in [2.75, 3.05) is 20.3 Å². The average molecular weight is 447 g/mol. The molecule has 0 aromatic heterocycles. The first-order chi connectivity index (χ1) is 16.2. The number of rotatable bonds is 9. The number of hydrogen-bond donors (Lipinski definition) is 1. The SMILES string of the molecule is CCOC(OCC)/C(=C1/c2ccccc2OC1c1cccc(OC)c1)C(O)c1ccccc1. The summed E-state index contributed by atoms with van der Waals surface area (Å²) in [4.78, 5) is 0. The molecular weight excluding hydrogens is 416 g/mol. The van der Waals surface area contributed by atoms with Crippen molar-refractivity contribution >= 4 is 5.57 Å². The van der Waals surface area contributed by atoms with Crippen molar-refractivity contribution in [1.82, 2.24) is 0 Å². The van der Waals surface area contributed by atoms with E-state index in [9.17, 15) is 5.11 Å². The van der Waals surface area contributed by atoms with E-state index in [1.165, 1.54) is 0 Å². The highest BCUT2D eigenvalue weighted by Gasteiger charge is 2.38. The number of fused-ring (bicyclic) bond motifs is 1. The van der Waals surface area contributed by atoms with Gasteiger partial charge < -0.3 is 24.1 Å². The lowest BCUT2D eigenvalue weighted by atomic mass is 9.87. The maximum Gasteiger partial charge on any atom is 0.183 e. The van der Waals surface area contributed by atoms with Crippen molar-refractivity contribution in [3.05, 3.63) is 101 Å². The Morgan fingerprint density at radius 3 is 2.30 bits per heavy atom. The predicted octanol–water partition coefficient (Wildman–Crippen LogP) is 5.72. The molecule has 3 aromatic rings. The van der Waals surface area contributed by atoms with Gasteiger partial charge in [0.1, 0.15) is 23.7 Å². The fourth-order valence-electron chi connectivity index (χ4n) is 4.21. The Kier molecular flexibility index (Phi) is 7.45. The third-order valence-electron chi connectivity index (χ3n) is 5.69. The van der Waals surface area contributed by atoms with Crippen LogP contribution in [0, 0.1) is 0 Å². The van der Waals surface area contributed by atoms with Crippen LogP contribution in [0.4, 0.5) is 0 Å². The molecule has 0 saturated carbocycles. The van der Waals surface area contributed by atoms with Crippen molar-refractivity contribution in [1.29, 1.82) is 0 Å². The average Bonchev–Trinajstić information content (AvgIpc) is 3.24. The number of para-hydroxylation sites is 1. The fourth-order valence-corrected chi connectivity index (χ4v) is 4.21. The van der Waals surface area contributed by atoms with Gasteiger partial charge in [-0.25, -0.2) is 0 Å². The van der Waals surface area contributed by atoms with Crippen LogP contribution in [-0.4, -0.2) is 31.7 Å². The van der Waals surface area contributed by atoms with Gasteiger partial charge in [-0.1, -0.05) is 60.7 Å². The van der Waals surface area contributed by atoms with Crippen molar-refractivity contribution < 1.29 is 24.1 Å². The Morgan fingerprint density at radius 1 is 0.909 bits per heavy atom. The maximum atomic E-state index is 11.7. The summed E-state index contributed by atoms with van der Waals surface area (Å²) in [5.41, 5.74) is 4.09. The maximum absolute atomic E-state index is 11.7. The smallest absolute Gasteiger partial charge is 0.183 e. The zero-order chi connectivity index (χ0) is 23.2. The van der Waals surface area contributed by atoms with Crippen LogP contribution in [0.15, 0.2) is 84.4 Å². The highest BCUT2D eigenvalue weighted by atomic mass is 16.7. The highest BCUT2D eigenvalue weighted by Crippen LogP contribution is 2.50. The first-order valence-corrected chi connectivity index (χ1v) is 11.3. The largest absolute Gasteiger partial charge is 0.497 e. The number of hydrogen-bond acceptors (Lipinski definition) is 5. The van der Waals surface area contributed by atoms with Crippen molar-refractivity contribution in [2.24, 2.45) is 0 Å². The highest BCUT2D eigenvalue weighted by molar-refractivity contribution is 5.81. The number of aliphatic hydroxyl groups excluding tert-OH is 1. The van der Waals surface area contributed by atoms with Crippen molar-refractivity contribution in [3.63, 3.8) is 0 Å². The molecule has 5 nitrogen and oxygen atoms in total. The molecule has 1 heterocycles. The first kappa shape index (κ1) is 23.1. The normalized spacial score (nSPS) is 17.4. The number of benzene rings is 3. The molecule has 2 unspecified atom stereocenters. The Hall–Kier alpha value is -3.12. The summed E-state index contributed by atoms with van der Waals surface area (Å²) in [6, 6.07) is 25.2. The molecule has 0 saturated heterocycles. The molecule has 1 N–H and O–H groups in total. The summed E-state index contributed by atoms with van der Waals surface area (Å²) < 4.78 is 23.9. The van der Waals surface area contributed by atoms with Gasteiger partial charge >= 0.3 is 0 Å². The molecule has 0 radical (unpaired) electrons. The van der Waals surface area contributed by atoms with E-state index in [2.05, 4.69) is 0 Å².